The average molecular weight is 354 g/mol. The van der Waals surface area contributed by atoms with Crippen LogP contribution < -0.4 is 0 Å². The number of halogens is 2. The van der Waals surface area contributed by atoms with Crippen LogP contribution in [0.5, 0.6) is 0 Å². The van der Waals surface area contributed by atoms with Gasteiger partial charge in [0, 0.05) is 17.7 Å². The molecule has 5 nitrogen and oxygen atoms in total. The Kier molecular flexibility index (Phi) is 5.04. The maximum atomic E-state index is 12.4. The highest BCUT2D eigenvalue weighted by molar-refractivity contribution is 6.60. The lowest BCUT2D eigenvalue weighted by Crippen LogP contribution is -2.33. The highest BCUT2D eigenvalue weighted by Gasteiger charge is 2.42. The molecule has 2 rings (SSSR count). The number of benzene rings is 2. The lowest BCUT2D eigenvalue weighted by molar-refractivity contribution is -0.384. The quantitative estimate of drug-likeness (QED) is 0.381. The Labute approximate surface area is 142 Å². The molecule has 2 aromatic carbocycles. The Morgan fingerprint density at radius 3 is 2.13 bits per heavy atom. The third kappa shape index (κ3) is 3.69. The van der Waals surface area contributed by atoms with Gasteiger partial charge in [-0.15, -0.1) is 0 Å². The molecule has 7 heteroatoms. The van der Waals surface area contributed by atoms with Crippen molar-refractivity contribution in [2.24, 2.45) is 0 Å². The summed E-state index contributed by atoms with van der Waals surface area (Å²) >= 11 is 12.2. The molecule has 0 radical (unpaired) electrons. The molecule has 120 valence electrons. The first-order valence-corrected chi connectivity index (χ1v) is 7.41. The normalized spacial score (nSPS) is 12.7. The number of aliphatic hydroxyl groups excluding tert-OH is 1. The van der Waals surface area contributed by atoms with Crippen LogP contribution in [0.25, 0.3) is 0 Å². The SMILES string of the molecule is Cc1ccc(C(=O)C(Cl)(Cl)[C@@H](O)c2ccc([N+](=O)[O-])cc2)cc1. The second-order valence-electron chi connectivity index (χ2n) is 5.07. The standard InChI is InChI=1S/C16H13Cl2NO4/c1-10-2-4-11(5-3-10)14(20)16(17,18)15(21)12-6-8-13(9-7-12)19(22)23/h2-9,15,21H,1H3/t15-/m0/s1. The number of ketones is 1. The van der Waals surface area contributed by atoms with E-state index >= 15 is 0 Å². The van der Waals surface area contributed by atoms with E-state index in [4.69, 9.17) is 23.2 Å². The first kappa shape index (κ1) is 17.4. The molecule has 1 N–H and O–H groups in total. The van der Waals surface area contributed by atoms with Gasteiger partial charge in [0.05, 0.1) is 4.92 Å². The number of hydrogen-bond acceptors (Lipinski definition) is 4. The van der Waals surface area contributed by atoms with Gasteiger partial charge in [-0.05, 0) is 24.6 Å². The summed E-state index contributed by atoms with van der Waals surface area (Å²) in [7, 11) is 0. The van der Waals surface area contributed by atoms with Crippen molar-refractivity contribution < 1.29 is 14.8 Å². The van der Waals surface area contributed by atoms with Crippen LogP contribution in [-0.2, 0) is 0 Å². The number of aliphatic hydroxyl groups is 1. The second kappa shape index (κ2) is 6.66. The average Bonchev–Trinajstić information content (AvgIpc) is 2.54. The molecule has 0 spiro atoms. The summed E-state index contributed by atoms with van der Waals surface area (Å²) < 4.78 is -2.11. The Balaban J connectivity index is 2.28. The van der Waals surface area contributed by atoms with Crippen LogP contribution in [0.1, 0.15) is 27.6 Å². The van der Waals surface area contributed by atoms with Gasteiger partial charge in [0.25, 0.3) is 5.69 Å². The molecule has 0 aliphatic carbocycles. The lowest BCUT2D eigenvalue weighted by atomic mass is 9.98. The molecule has 0 unspecified atom stereocenters. The number of nitro groups is 1. The smallest absolute Gasteiger partial charge is 0.269 e. The zero-order valence-electron chi connectivity index (χ0n) is 12.1. The number of rotatable bonds is 5. The van der Waals surface area contributed by atoms with E-state index < -0.39 is 21.1 Å². The number of hydrogen-bond donors (Lipinski definition) is 1. The second-order valence-corrected chi connectivity index (χ2v) is 6.46. The fraction of sp³-hybridized carbons (Fsp3) is 0.188. The van der Waals surface area contributed by atoms with Crippen molar-refractivity contribution in [3.8, 4) is 0 Å². The fourth-order valence-electron chi connectivity index (χ4n) is 2.01. The molecular formula is C16H13Cl2NO4. The van der Waals surface area contributed by atoms with Crippen molar-refractivity contribution >= 4 is 34.7 Å². The summed E-state index contributed by atoms with van der Waals surface area (Å²) in [5.74, 6) is -0.647. The van der Waals surface area contributed by atoms with Crippen LogP contribution in [0.4, 0.5) is 5.69 Å². The zero-order chi connectivity index (χ0) is 17.2. The highest BCUT2D eigenvalue weighted by atomic mass is 35.5. The van der Waals surface area contributed by atoms with E-state index in [0.717, 1.165) is 5.56 Å². The Bertz CT molecular complexity index is 727. The van der Waals surface area contributed by atoms with Gasteiger partial charge in [0.2, 0.25) is 10.1 Å². The molecule has 0 saturated heterocycles. The van der Waals surface area contributed by atoms with Crippen molar-refractivity contribution in [2.75, 3.05) is 0 Å². The van der Waals surface area contributed by atoms with E-state index in [9.17, 15) is 20.0 Å². The van der Waals surface area contributed by atoms with E-state index in [1.54, 1.807) is 24.3 Å². The summed E-state index contributed by atoms with van der Waals surface area (Å²) in [5.41, 5.74) is 1.30. The molecule has 0 aliphatic heterocycles. The van der Waals surface area contributed by atoms with Gasteiger partial charge in [-0.25, -0.2) is 0 Å². The van der Waals surface area contributed by atoms with E-state index in [2.05, 4.69) is 0 Å². The number of alkyl halides is 2. The van der Waals surface area contributed by atoms with Gasteiger partial charge >= 0.3 is 0 Å². The van der Waals surface area contributed by atoms with Crippen LogP contribution in [-0.4, -0.2) is 20.1 Å². The Morgan fingerprint density at radius 1 is 1.13 bits per heavy atom. The molecule has 1 atom stereocenters. The highest BCUT2D eigenvalue weighted by Crippen LogP contribution is 2.39. The molecule has 0 fully saturated rings. The zero-order valence-corrected chi connectivity index (χ0v) is 13.6. The topological polar surface area (TPSA) is 80.4 Å². The number of nitrogens with zero attached hydrogens (tertiary/aromatic N) is 1. The van der Waals surface area contributed by atoms with Gasteiger partial charge in [-0.3, -0.25) is 14.9 Å². The molecule has 0 amide bonds. The minimum Gasteiger partial charge on any atom is -0.385 e. The minimum absolute atomic E-state index is 0.138. The molecule has 0 saturated carbocycles. The van der Waals surface area contributed by atoms with Crippen LogP contribution in [0.2, 0.25) is 0 Å². The summed E-state index contributed by atoms with van der Waals surface area (Å²) in [6.07, 6.45) is -1.53. The molecule has 23 heavy (non-hydrogen) atoms. The van der Waals surface area contributed by atoms with Gasteiger partial charge < -0.3 is 5.11 Å². The maximum Gasteiger partial charge on any atom is 0.269 e. The van der Waals surface area contributed by atoms with Crippen molar-refractivity contribution in [3.05, 3.63) is 75.3 Å². The van der Waals surface area contributed by atoms with Crippen LogP contribution in [0, 0.1) is 17.0 Å². The summed E-state index contributed by atoms with van der Waals surface area (Å²) in [6.45, 7) is 1.87. The van der Waals surface area contributed by atoms with Crippen molar-refractivity contribution in [3.63, 3.8) is 0 Å². The minimum atomic E-state index is -2.11. The van der Waals surface area contributed by atoms with Crippen molar-refractivity contribution in [2.45, 2.75) is 17.4 Å². The summed E-state index contributed by atoms with van der Waals surface area (Å²) in [4.78, 5) is 22.5. The predicted octanol–water partition coefficient (Wildman–Crippen LogP) is 3.99. The number of carbonyl (C=O) groups is 1. The van der Waals surface area contributed by atoms with E-state index in [1.807, 2.05) is 6.92 Å². The molecule has 0 bridgehead atoms. The molecule has 0 aliphatic rings. The van der Waals surface area contributed by atoms with Crippen LogP contribution >= 0.6 is 23.2 Å². The van der Waals surface area contributed by atoms with Gasteiger partial charge in [-0.1, -0.05) is 53.0 Å². The van der Waals surface area contributed by atoms with Crippen molar-refractivity contribution in [1.82, 2.24) is 0 Å². The van der Waals surface area contributed by atoms with Gasteiger partial charge in [-0.2, -0.15) is 0 Å². The Morgan fingerprint density at radius 2 is 1.65 bits per heavy atom. The number of Topliss-reactive ketones (excluding diaryl/α,β-unsaturated/α-hetero) is 1. The number of nitro benzene ring substituents is 1. The lowest BCUT2D eigenvalue weighted by Gasteiger charge is -2.24. The molecular weight excluding hydrogens is 341 g/mol. The molecule has 2 aromatic rings. The molecule has 0 heterocycles. The van der Waals surface area contributed by atoms with E-state index in [0.29, 0.717) is 0 Å². The van der Waals surface area contributed by atoms with Crippen LogP contribution in [0.15, 0.2) is 48.5 Å². The summed E-state index contributed by atoms with van der Waals surface area (Å²) in [6, 6.07) is 11.6. The van der Waals surface area contributed by atoms with E-state index in [1.165, 1.54) is 24.3 Å². The van der Waals surface area contributed by atoms with Crippen molar-refractivity contribution in [1.29, 1.82) is 0 Å². The largest absolute Gasteiger partial charge is 0.385 e. The molecule has 0 aromatic heterocycles. The Hall–Kier alpha value is -1.95. The van der Waals surface area contributed by atoms with Gasteiger partial charge in [0.15, 0.2) is 0 Å². The van der Waals surface area contributed by atoms with E-state index in [-0.39, 0.29) is 16.8 Å². The predicted molar refractivity (Wildman–Crippen MR) is 88.0 cm³/mol. The fourth-order valence-corrected chi connectivity index (χ4v) is 2.48. The maximum absolute atomic E-state index is 12.4. The summed E-state index contributed by atoms with van der Waals surface area (Å²) in [5, 5.41) is 20.9. The van der Waals surface area contributed by atoms with Crippen LogP contribution in [0.3, 0.4) is 0 Å². The first-order chi connectivity index (χ1) is 10.7. The third-order valence-corrected chi connectivity index (χ3v) is 4.14. The first-order valence-electron chi connectivity index (χ1n) is 6.65. The monoisotopic (exact) mass is 353 g/mol. The number of carbonyl (C=O) groups excluding carboxylic acids is 1. The van der Waals surface area contributed by atoms with Gasteiger partial charge in [0.1, 0.15) is 6.10 Å². The third-order valence-electron chi connectivity index (χ3n) is 3.38. The number of aryl methyl sites for hydroxylation is 1. The number of non-ortho nitro benzene ring substituents is 1.